The molecule has 2 N–H and O–H groups in total. The van der Waals surface area contributed by atoms with E-state index in [1.165, 1.54) is 20.3 Å². The van der Waals surface area contributed by atoms with E-state index in [9.17, 15) is 18.4 Å². The third-order valence-corrected chi connectivity index (χ3v) is 5.06. The number of carbonyl (C=O) groups excluding carboxylic acids is 2. The normalized spacial score (nSPS) is 10.7. The number of amides is 2. The van der Waals surface area contributed by atoms with Gasteiger partial charge in [-0.25, -0.2) is 8.78 Å². The molecule has 9 heteroatoms. The van der Waals surface area contributed by atoms with E-state index in [1.54, 1.807) is 42.5 Å². The maximum absolute atomic E-state index is 13.5. The zero-order valence-corrected chi connectivity index (χ0v) is 18.3. The van der Waals surface area contributed by atoms with Crippen molar-refractivity contribution in [3.63, 3.8) is 0 Å². The van der Waals surface area contributed by atoms with E-state index >= 15 is 0 Å². The zero-order chi connectivity index (χ0) is 24.2. The molecule has 1 heterocycles. The van der Waals surface area contributed by atoms with Crippen LogP contribution in [0.4, 0.5) is 20.2 Å². The molecule has 3 aromatic carbocycles. The lowest BCUT2D eigenvalue weighted by Gasteiger charge is -2.10. The van der Waals surface area contributed by atoms with Gasteiger partial charge in [0.25, 0.3) is 5.91 Å². The Balaban J connectivity index is 1.60. The van der Waals surface area contributed by atoms with Crippen LogP contribution in [0.2, 0.25) is 0 Å². The smallest absolute Gasteiger partial charge is 0.293 e. The minimum atomic E-state index is -1.11. The van der Waals surface area contributed by atoms with Gasteiger partial charge in [-0.2, -0.15) is 0 Å². The Bertz CT molecular complexity index is 1380. The quantitative estimate of drug-likeness (QED) is 0.393. The lowest BCUT2D eigenvalue weighted by atomic mass is 10.1. The Morgan fingerprint density at radius 1 is 0.882 bits per heavy atom. The molecule has 4 aromatic rings. The lowest BCUT2D eigenvalue weighted by molar-refractivity contribution is -0.115. The molecule has 0 saturated carbocycles. The average Bonchev–Trinajstić information content (AvgIpc) is 3.19. The van der Waals surface area contributed by atoms with Crippen LogP contribution in [0.15, 0.2) is 65.1 Å². The van der Waals surface area contributed by atoms with E-state index in [0.717, 1.165) is 12.1 Å². The number of anilines is 2. The Labute approximate surface area is 193 Å². The first-order valence-electron chi connectivity index (χ1n) is 10.2. The van der Waals surface area contributed by atoms with E-state index in [1.807, 2.05) is 0 Å². The number of carbonyl (C=O) groups is 2. The van der Waals surface area contributed by atoms with Crippen molar-refractivity contribution < 1.29 is 32.3 Å². The molecule has 0 aliphatic carbocycles. The summed E-state index contributed by atoms with van der Waals surface area (Å²) >= 11 is 0. The number of para-hydroxylation sites is 1. The van der Waals surface area contributed by atoms with Crippen LogP contribution in [-0.4, -0.2) is 26.0 Å². The second-order valence-electron chi connectivity index (χ2n) is 7.30. The van der Waals surface area contributed by atoms with E-state index in [0.29, 0.717) is 28.0 Å². The molecule has 7 nitrogen and oxygen atoms in total. The number of methoxy groups -OCH3 is 2. The molecule has 4 rings (SSSR count). The zero-order valence-electron chi connectivity index (χ0n) is 18.3. The molecule has 0 bridgehead atoms. The Hall–Kier alpha value is -4.40. The van der Waals surface area contributed by atoms with Gasteiger partial charge < -0.3 is 24.5 Å². The molecule has 0 aliphatic heterocycles. The van der Waals surface area contributed by atoms with Gasteiger partial charge in [-0.1, -0.05) is 18.2 Å². The van der Waals surface area contributed by atoms with Crippen molar-refractivity contribution in [2.75, 3.05) is 24.9 Å². The van der Waals surface area contributed by atoms with Crippen LogP contribution >= 0.6 is 0 Å². The molecule has 0 radical (unpaired) electrons. The summed E-state index contributed by atoms with van der Waals surface area (Å²) in [5, 5.41) is 5.71. The summed E-state index contributed by atoms with van der Waals surface area (Å²) in [4.78, 5) is 25.7. The van der Waals surface area contributed by atoms with Crippen molar-refractivity contribution in [2.24, 2.45) is 0 Å². The van der Waals surface area contributed by atoms with Gasteiger partial charge in [-0.15, -0.1) is 0 Å². The summed E-state index contributed by atoms with van der Waals surface area (Å²) < 4.78 is 42.9. The number of hydrogen-bond donors (Lipinski definition) is 2. The lowest BCUT2D eigenvalue weighted by Crippen LogP contribution is -2.18. The molecule has 0 unspecified atom stereocenters. The highest BCUT2D eigenvalue weighted by atomic mass is 19.2. The number of ether oxygens (including phenoxy) is 2. The third-order valence-electron chi connectivity index (χ3n) is 5.06. The molecular weight excluding hydrogens is 446 g/mol. The number of nitrogens with one attached hydrogen (secondary N) is 2. The molecule has 0 saturated heterocycles. The topological polar surface area (TPSA) is 89.8 Å². The van der Waals surface area contributed by atoms with E-state index in [4.69, 9.17) is 13.9 Å². The Morgan fingerprint density at radius 3 is 2.38 bits per heavy atom. The molecule has 174 valence electrons. The number of hydrogen-bond acceptors (Lipinski definition) is 5. The molecule has 1 aromatic heterocycles. The maximum atomic E-state index is 13.5. The van der Waals surface area contributed by atoms with Crippen LogP contribution in [0, 0.1) is 11.6 Å². The van der Waals surface area contributed by atoms with Crippen molar-refractivity contribution >= 4 is 34.2 Å². The van der Waals surface area contributed by atoms with Crippen LogP contribution in [0.1, 0.15) is 16.1 Å². The fraction of sp³-hybridized carbons (Fsp3) is 0.120. The molecule has 0 aliphatic rings. The minimum absolute atomic E-state index is 0.00983. The molecule has 0 fully saturated rings. The van der Waals surface area contributed by atoms with Gasteiger partial charge in [0.05, 0.1) is 20.6 Å². The first-order chi connectivity index (χ1) is 16.4. The van der Waals surface area contributed by atoms with Crippen molar-refractivity contribution in [1.82, 2.24) is 0 Å². The minimum Gasteiger partial charge on any atom is -0.493 e. The molecule has 0 spiro atoms. The van der Waals surface area contributed by atoms with Crippen LogP contribution < -0.4 is 20.1 Å². The third kappa shape index (κ3) is 4.68. The summed E-state index contributed by atoms with van der Waals surface area (Å²) in [5.41, 5.74) is 1.24. The average molecular weight is 466 g/mol. The van der Waals surface area contributed by atoms with Crippen LogP contribution in [-0.2, 0) is 11.2 Å². The van der Waals surface area contributed by atoms with Crippen LogP contribution in [0.25, 0.3) is 11.0 Å². The van der Waals surface area contributed by atoms with Gasteiger partial charge in [0, 0.05) is 17.1 Å². The summed E-state index contributed by atoms with van der Waals surface area (Å²) in [6.45, 7) is 0. The number of rotatable bonds is 7. The molecule has 2 amide bonds. The highest BCUT2D eigenvalue weighted by Gasteiger charge is 2.23. The summed E-state index contributed by atoms with van der Waals surface area (Å²) in [7, 11) is 3.01. The van der Waals surface area contributed by atoms with E-state index < -0.39 is 23.4 Å². The highest BCUT2D eigenvalue weighted by Crippen LogP contribution is 2.32. The largest absolute Gasteiger partial charge is 0.493 e. The number of fused-ring (bicyclic) bond motifs is 1. The van der Waals surface area contributed by atoms with Crippen molar-refractivity contribution in [2.45, 2.75) is 6.42 Å². The van der Waals surface area contributed by atoms with Crippen molar-refractivity contribution in [3.8, 4) is 11.5 Å². The summed E-state index contributed by atoms with van der Waals surface area (Å²) in [6.07, 6.45) is -0.00983. The standard InChI is InChI=1S/C25H20F2N2O5/c1-32-20-10-7-14(11-21(20)33-2)12-22(30)29-23-16-5-3-4-6-19(16)34-24(23)25(31)28-15-8-9-17(26)18(27)13-15/h3-11,13H,12H2,1-2H3,(H,28,31)(H,29,30). The van der Waals surface area contributed by atoms with Crippen LogP contribution in [0.3, 0.4) is 0 Å². The summed E-state index contributed by atoms with van der Waals surface area (Å²) in [5.74, 6) is -2.44. The first kappa shape index (κ1) is 22.8. The fourth-order valence-electron chi connectivity index (χ4n) is 3.45. The first-order valence-corrected chi connectivity index (χ1v) is 10.2. The van der Waals surface area contributed by atoms with Gasteiger partial charge in [0.1, 0.15) is 11.3 Å². The fourth-order valence-corrected chi connectivity index (χ4v) is 3.45. The highest BCUT2D eigenvalue weighted by molar-refractivity contribution is 6.14. The molecular formula is C25H20F2N2O5. The van der Waals surface area contributed by atoms with Crippen molar-refractivity contribution in [1.29, 1.82) is 0 Å². The SMILES string of the molecule is COc1ccc(CC(=O)Nc2c(C(=O)Nc3ccc(F)c(F)c3)oc3ccccc23)cc1OC. The summed E-state index contributed by atoms with van der Waals surface area (Å²) in [6, 6.07) is 14.9. The second kappa shape index (κ2) is 9.62. The van der Waals surface area contributed by atoms with Gasteiger partial charge >= 0.3 is 0 Å². The number of benzene rings is 3. The Morgan fingerprint density at radius 2 is 1.65 bits per heavy atom. The van der Waals surface area contributed by atoms with Gasteiger partial charge in [-0.05, 0) is 42.0 Å². The second-order valence-corrected chi connectivity index (χ2v) is 7.30. The van der Waals surface area contributed by atoms with E-state index in [2.05, 4.69) is 10.6 Å². The van der Waals surface area contributed by atoms with Crippen molar-refractivity contribution in [3.05, 3.63) is 83.6 Å². The van der Waals surface area contributed by atoms with Gasteiger partial charge in [0.15, 0.2) is 23.1 Å². The Kier molecular flexibility index (Phi) is 6.44. The predicted molar refractivity (Wildman–Crippen MR) is 122 cm³/mol. The number of furan rings is 1. The van der Waals surface area contributed by atoms with Gasteiger partial charge in [-0.3, -0.25) is 9.59 Å². The maximum Gasteiger partial charge on any atom is 0.293 e. The predicted octanol–water partition coefficient (Wildman–Crippen LogP) is 5.16. The van der Waals surface area contributed by atoms with Crippen LogP contribution in [0.5, 0.6) is 11.5 Å². The molecule has 0 atom stereocenters. The van der Waals surface area contributed by atoms with Gasteiger partial charge in [0.2, 0.25) is 11.7 Å². The monoisotopic (exact) mass is 466 g/mol. The molecule has 34 heavy (non-hydrogen) atoms. The van der Waals surface area contributed by atoms with E-state index in [-0.39, 0.29) is 23.6 Å². The number of halogens is 2.